The quantitative estimate of drug-likeness (QED) is 0.296. The molecule has 10 heteroatoms. The van der Waals surface area contributed by atoms with Gasteiger partial charge in [0.15, 0.2) is 5.82 Å². The van der Waals surface area contributed by atoms with E-state index in [-0.39, 0.29) is 16.7 Å². The highest BCUT2D eigenvalue weighted by molar-refractivity contribution is 6.04. The summed E-state index contributed by atoms with van der Waals surface area (Å²) in [7, 11) is 0. The second-order valence-corrected chi connectivity index (χ2v) is 13.2. The molecule has 1 saturated carbocycles. The Hall–Kier alpha value is -4.04. The van der Waals surface area contributed by atoms with E-state index in [0.717, 1.165) is 83.0 Å². The Morgan fingerprint density at radius 1 is 1.11 bits per heavy atom. The molecule has 0 radical (unpaired) electrons. The van der Waals surface area contributed by atoms with Crippen LogP contribution in [-0.4, -0.2) is 89.6 Å². The van der Waals surface area contributed by atoms with Crippen LogP contribution in [0.15, 0.2) is 30.5 Å². The number of aryl methyl sites for hydroxylation is 1. The Labute approximate surface area is 261 Å². The van der Waals surface area contributed by atoms with Gasteiger partial charge in [-0.2, -0.15) is 9.97 Å². The number of halogens is 1. The first-order valence-electron chi connectivity index (χ1n) is 15.9. The van der Waals surface area contributed by atoms with Gasteiger partial charge in [0, 0.05) is 67.4 Å². The summed E-state index contributed by atoms with van der Waals surface area (Å²) in [5, 5.41) is 15.6. The molecule has 1 aliphatic carbocycles. The van der Waals surface area contributed by atoms with E-state index < -0.39 is 5.82 Å². The third-order valence-electron chi connectivity index (χ3n) is 10.1. The molecule has 4 fully saturated rings. The zero-order chi connectivity index (χ0) is 30.7. The van der Waals surface area contributed by atoms with Crippen LogP contribution in [0.4, 0.5) is 10.2 Å². The number of nitrogens with one attached hydrogen (secondary N) is 1. The Bertz CT molecular complexity index is 1840. The topological polar surface area (TPSA) is 95.9 Å². The van der Waals surface area contributed by atoms with Crippen molar-refractivity contribution in [2.24, 2.45) is 5.41 Å². The van der Waals surface area contributed by atoms with Crippen molar-refractivity contribution in [3.63, 3.8) is 0 Å². The van der Waals surface area contributed by atoms with Gasteiger partial charge < -0.3 is 24.8 Å². The molecular weight excluding hydrogens is 571 g/mol. The molecule has 9 nitrogen and oxygen atoms in total. The molecule has 45 heavy (non-hydrogen) atoms. The minimum atomic E-state index is -0.483. The summed E-state index contributed by atoms with van der Waals surface area (Å²) in [5.74, 6) is 2.87. The Kier molecular flexibility index (Phi) is 7.01. The zero-order valence-corrected chi connectivity index (χ0v) is 25.5. The summed E-state index contributed by atoms with van der Waals surface area (Å²) in [5.41, 5.74) is 3.79. The molecular formula is C35H37FN6O3. The van der Waals surface area contributed by atoms with Crippen LogP contribution in [0.3, 0.4) is 0 Å². The van der Waals surface area contributed by atoms with Gasteiger partial charge in [0.25, 0.3) is 0 Å². The molecule has 2 bridgehead atoms. The third-order valence-corrected chi connectivity index (χ3v) is 10.1. The van der Waals surface area contributed by atoms with E-state index in [1.807, 2.05) is 6.92 Å². The Morgan fingerprint density at radius 2 is 1.89 bits per heavy atom. The second-order valence-electron chi connectivity index (χ2n) is 13.2. The number of fused-ring (bicyclic) bond motifs is 4. The number of nitrogens with zero attached hydrogens (tertiary/aromatic N) is 5. The normalized spacial score (nSPS) is 22.6. The third kappa shape index (κ3) is 5.23. The van der Waals surface area contributed by atoms with E-state index in [0.29, 0.717) is 57.6 Å². The maximum absolute atomic E-state index is 14.9. The Balaban J connectivity index is 1.22. The molecule has 2 aromatic carbocycles. The smallest absolute Gasteiger partial charge is 0.319 e. The van der Waals surface area contributed by atoms with Crippen molar-refractivity contribution in [3.05, 3.63) is 47.4 Å². The van der Waals surface area contributed by atoms with Gasteiger partial charge in [-0.1, -0.05) is 12.0 Å². The van der Waals surface area contributed by atoms with Crippen LogP contribution in [0, 0.1) is 30.5 Å². The number of aromatic hydroxyl groups is 1. The highest BCUT2D eigenvalue weighted by Crippen LogP contribution is 2.47. The SMILES string of the molecule is C#Cc1c(F)ccc2cc(O)cc(-c3cnc4c(N5CC6CC[C@@H](C5)N6)nc(OCC5(CN6CCOCC6)CC5)nc4c3C)c12. The molecule has 8 rings (SSSR count). The number of phenols is 1. The fraction of sp³-hybridized carbons (Fsp3) is 0.457. The van der Waals surface area contributed by atoms with Gasteiger partial charge in [-0.05, 0) is 67.3 Å². The summed E-state index contributed by atoms with van der Waals surface area (Å²) in [6.07, 6.45) is 12.1. The molecule has 2 atom stereocenters. The van der Waals surface area contributed by atoms with Gasteiger partial charge in [0.05, 0.1) is 25.4 Å². The first kappa shape index (κ1) is 28.4. The maximum atomic E-state index is 14.9. The molecule has 2 N–H and O–H groups in total. The van der Waals surface area contributed by atoms with Crippen LogP contribution >= 0.6 is 0 Å². The highest BCUT2D eigenvalue weighted by atomic mass is 19.1. The summed E-state index contributed by atoms with van der Waals surface area (Å²) < 4.78 is 26.9. The number of hydrogen-bond acceptors (Lipinski definition) is 9. The van der Waals surface area contributed by atoms with Gasteiger partial charge in [0.2, 0.25) is 0 Å². The predicted molar refractivity (Wildman–Crippen MR) is 171 cm³/mol. The van der Waals surface area contributed by atoms with E-state index in [1.54, 1.807) is 24.4 Å². The van der Waals surface area contributed by atoms with E-state index in [2.05, 4.69) is 21.0 Å². The predicted octanol–water partition coefficient (Wildman–Crippen LogP) is 4.41. The van der Waals surface area contributed by atoms with Crippen molar-refractivity contribution < 1.29 is 19.0 Å². The summed E-state index contributed by atoms with van der Waals surface area (Å²) in [6, 6.07) is 7.35. The highest BCUT2D eigenvalue weighted by Gasteiger charge is 2.45. The number of benzene rings is 2. The first-order valence-corrected chi connectivity index (χ1v) is 15.9. The molecule has 1 unspecified atom stereocenters. The van der Waals surface area contributed by atoms with Crippen molar-refractivity contribution in [3.8, 4) is 35.2 Å². The molecule has 232 valence electrons. The van der Waals surface area contributed by atoms with Crippen LogP contribution in [0.25, 0.3) is 32.9 Å². The number of rotatable bonds is 7. The number of phenolic OH excluding ortho intramolecular Hbond substituents is 1. The fourth-order valence-corrected chi connectivity index (χ4v) is 7.44. The Morgan fingerprint density at radius 3 is 2.62 bits per heavy atom. The summed E-state index contributed by atoms with van der Waals surface area (Å²) in [4.78, 5) is 19.7. The van der Waals surface area contributed by atoms with Crippen LogP contribution in [0.5, 0.6) is 11.8 Å². The lowest BCUT2D eigenvalue weighted by Crippen LogP contribution is -2.51. The number of aromatic nitrogens is 3. The van der Waals surface area contributed by atoms with E-state index in [4.69, 9.17) is 30.8 Å². The van der Waals surface area contributed by atoms with Gasteiger partial charge in [0.1, 0.15) is 22.6 Å². The van der Waals surface area contributed by atoms with Gasteiger partial charge in [-0.25, -0.2) is 4.39 Å². The van der Waals surface area contributed by atoms with Crippen molar-refractivity contribution in [1.29, 1.82) is 0 Å². The van der Waals surface area contributed by atoms with Crippen molar-refractivity contribution in [1.82, 2.24) is 25.2 Å². The maximum Gasteiger partial charge on any atom is 0.319 e. The standard InChI is InChI=1S/C35H37FN6O3/c1-3-26-29(36)7-4-22-14-25(43)15-27(30(22)26)28-16-37-32-31(21(28)2)39-34(40-33(32)42-17-23-5-6-24(18-42)38-23)45-20-35(8-9-35)19-41-10-12-44-13-11-41/h1,4,7,14-16,23-24,38,43H,5-6,8-13,17-20H2,2H3/t23-,24?/m0/s1. The van der Waals surface area contributed by atoms with E-state index in [9.17, 15) is 9.50 Å². The van der Waals surface area contributed by atoms with Gasteiger partial charge >= 0.3 is 6.01 Å². The minimum absolute atomic E-state index is 0.0604. The summed E-state index contributed by atoms with van der Waals surface area (Å²) in [6.45, 7) is 8.66. The van der Waals surface area contributed by atoms with Crippen LogP contribution in [0.2, 0.25) is 0 Å². The molecule has 4 aromatic rings. The van der Waals surface area contributed by atoms with E-state index in [1.165, 1.54) is 6.07 Å². The lowest BCUT2D eigenvalue weighted by Gasteiger charge is -2.34. The first-order chi connectivity index (χ1) is 21.9. The average molecular weight is 609 g/mol. The number of morpholine rings is 1. The number of terminal acetylenes is 1. The monoisotopic (exact) mass is 608 g/mol. The zero-order valence-electron chi connectivity index (χ0n) is 25.5. The lowest BCUT2D eigenvalue weighted by molar-refractivity contribution is 0.0231. The molecule has 4 aliphatic rings. The van der Waals surface area contributed by atoms with Crippen LogP contribution < -0.4 is 15.0 Å². The molecule has 5 heterocycles. The minimum Gasteiger partial charge on any atom is -0.508 e. The molecule has 3 saturated heterocycles. The number of anilines is 1. The molecule has 2 aromatic heterocycles. The number of hydrogen-bond donors (Lipinski definition) is 2. The molecule has 0 spiro atoms. The van der Waals surface area contributed by atoms with Gasteiger partial charge in [-0.3, -0.25) is 9.88 Å². The lowest BCUT2D eigenvalue weighted by atomic mass is 9.92. The van der Waals surface area contributed by atoms with Crippen LogP contribution in [0.1, 0.15) is 36.8 Å². The number of pyridine rings is 1. The largest absolute Gasteiger partial charge is 0.508 e. The average Bonchev–Trinajstić information content (AvgIpc) is 3.73. The van der Waals surface area contributed by atoms with Crippen molar-refractivity contribution in [2.45, 2.75) is 44.7 Å². The van der Waals surface area contributed by atoms with E-state index >= 15 is 0 Å². The molecule has 3 aliphatic heterocycles. The van der Waals surface area contributed by atoms with Gasteiger partial charge in [-0.15, -0.1) is 6.42 Å². The van der Waals surface area contributed by atoms with Crippen LogP contribution in [-0.2, 0) is 4.74 Å². The second kappa shape index (κ2) is 11.1. The fourth-order valence-electron chi connectivity index (χ4n) is 7.44. The van der Waals surface area contributed by atoms with Crippen molar-refractivity contribution >= 4 is 27.6 Å². The number of piperazine rings is 1. The van der Waals surface area contributed by atoms with Crippen molar-refractivity contribution in [2.75, 3.05) is 57.4 Å². The number of ether oxygens (including phenoxy) is 2. The molecule has 0 amide bonds. The summed E-state index contributed by atoms with van der Waals surface area (Å²) >= 11 is 0.